The highest BCUT2D eigenvalue weighted by Gasteiger charge is 2.05. The molecule has 0 radical (unpaired) electrons. The molecule has 2 rings (SSSR count). The van der Waals surface area contributed by atoms with Gasteiger partial charge in [0.2, 0.25) is 0 Å². The number of hydrazone groups is 1. The maximum atomic E-state index is 5.83. The molecule has 2 N–H and O–H groups in total. The Morgan fingerprint density at radius 1 is 1.17 bits per heavy atom. The second kappa shape index (κ2) is 9.52. The van der Waals surface area contributed by atoms with Crippen molar-refractivity contribution in [3.05, 3.63) is 59.7 Å². The van der Waals surface area contributed by atoms with Gasteiger partial charge in [0.05, 0.1) is 13.3 Å². The lowest BCUT2D eigenvalue weighted by Gasteiger charge is -2.11. The average Bonchev–Trinajstić information content (AvgIpc) is 2.61. The fourth-order valence-electron chi connectivity index (χ4n) is 1.98. The predicted molar refractivity (Wildman–Crippen MR) is 101 cm³/mol. The Kier molecular flexibility index (Phi) is 7.04. The molecule has 0 aliphatic heterocycles. The monoisotopic (exact) mass is 343 g/mol. The molecule has 0 spiro atoms. The highest BCUT2D eigenvalue weighted by atomic mass is 32.1. The van der Waals surface area contributed by atoms with Gasteiger partial charge in [-0.05, 0) is 48.5 Å². The Morgan fingerprint density at radius 3 is 2.67 bits per heavy atom. The van der Waals surface area contributed by atoms with Gasteiger partial charge in [0.15, 0.2) is 16.6 Å². The summed E-state index contributed by atoms with van der Waals surface area (Å²) < 4.78 is 11.2. The Balaban J connectivity index is 1.99. The summed E-state index contributed by atoms with van der Waals surface area (Å²) >= 11 is 5.04. The van der Waals surface area contributed by atoms with Crippen molar-refractivity contribution < 1.29 is 9.47 Å². The zero-order chi connectivity index (χ0) is 17.2. The van der Waals surface area contributed by atoms with Crippen LogP contribution in [-0.4, -0.2) is 25.0 Å². The smallest absolute Gasteiger partial charge is 0.186 e. The van der Waals surface area contributed by atoms with Gasteiger partial charge >= 0.3 is 0 Å². The summed E-state index contributed by atoms with van der Waals surface area (Å²) in [6.07, 6.45) is 1.67. The average molecular weight is 343 g/mol. The van der Waals surface area contributed by atoms with E-state index in [1.807, 2.05) is 55.5 Å². The van der Waals surface area contributed by atoms with Crippen molar-refractivity contribution in [2.24, 2.45) is 5.10 Å². The van der Waals surface area contributed by atoms with Crippen LogP contribution in [0.15, 0.2) is 53.6 Å². The molecule has 0 saturated carbocycles. The van der Waals surface area contributed by atoms with Crippen LogP contribution in [0.2, 0.25) is 0 Å². The van der Waals surface area contributed by atoms with Crippen molar-refractivity contribution in [3.8, 4) is 11.5 Å². The number of methoxy groups -OCH3 is 1. The van der Waals surface area contributed by atoms with Gasteiger partial charge < -0.3 is 14.8 Å². The zero-order valence-electron chi connectivity index (χ0n) is 13.8. The SMILES string of the molecule is CCNC(=S)NN=Cc1ccc(OCc2ccccc2)c(OC)c1. The fraction of sp³-hybridized carbons (Fsp3) is 0.222. The third kappa shape index (κ3) is 5.55. The van der Waals surface area contributed by atoms with Crippen molar-refractivity contribution in [2.45, 2.75) is 13.5 Å². The van der Waals surface area contributed by atoms with Gasteiger partial charge in [-0.3, -0.25) is 5.43 Å². The molecular weight excluding hydrogens is 322 g/mol. The summed E-state index contributed by atoms with van der Waals surface area (Å²) in [6.45, 7) is 3.21. The molecular formula is C18H21N3O2S. The van der Waals surface area contributed by atoms with Gasteiger partial charge in [-0.25, -0.2) is 0 Å². The minimum Gasteiger partial charge on any atom is -0.493 e. The van der Waals surface area contributed by atoms with E-state index < -0.39 is 0 Å². The van der Waals surface area contributed by atoms with E-state index in [0.717, 1.165) is 17.7 Å². The molecule has 0 fully saturated rings. The number of benzene rings is 2. The molecule has 0 aliphatic carbocycles. The first-order valence-corrected chi connectivity index (χ1v) is 8.05. The second-order valence-electron chi connectivity index (χ2n) is 4.91. The summed E-state index contributed by atoms with van der Waals surface area (Å²) in [4.78, 5) is 0. The maximum absolute atomic E-state index is 5.83. The zero-order valence-corrected chi connectivity index (χ0v) is 14.6. The van der Waals surface area contributed by atoms with Crippen LogP contribution in [0.1, 0.15) is 18.1 Å². The van der Waals surface area contributed by atoms with Crippen molar-refractivity contribution in [1.82, 2.24) is 10.7 Å². The first kappa shape index (κ1) is 17.7. The molecule has 0 aromatic heterocycles. The van der Waals surface area contributed by atoms with Gasteiger partial charge in [0.1, 0.15) is 6.61 Å². The van der Waals surface area contributed by atoms with Crippen molar-refractivity contribution in [1.29, 1.82) is 0 Å². The second-order valence-corrected chi connectivity index (χ2v) is 5.32. The summed E-state index contributed by atoms with van der Waals surface area (Å²) in [5, 5.41) is 7.53. The van der Waals surface area contributed by atoms with Crippen molar-refractivity contribution in [2.75, 3.05) is 13.7 Å². The maximum Gasteiger partial charge on any atom is 0.186 e. The van der Waals surface area contributed by atoms with E-state index in [2.05, 4.69) is 15.8 Å². The van der Waals surface area contributed by atoms with Gasteiger partial charge in [-0.15, -0.1) is 0 Å². The van der Waals surface area contributed by atoms with Crippen LogP contribution >= 0.6 is 12.2 Å². The fourth-order valence-corrected chi connectivity index (χ4v) is 2.18. The number of thiocarbonyl (C=S) groups is 1. The molecule has 0 saturated heterocycles. The van der Waals surface area contributed by atoms with Crippen molar-refractivity contribution in [3.63, 3.8) is 0 Å². The number of ether oxygens (including phenoxy) is 2. The van der Waals surface area contributed by atoms with Crippen LogP contribution in [0.25, 0.3) is 0 Å². The molecule has 5 nitrogen and oxygen atoms in total. The molecule has 0 heterocycles. The van der Waals surface area contributed by atoms with Crippen LogP contribution in [0.4, 0.5) is 0 Å². The summed E-state index contributed by atoms with van der Waals surface area (Å²) in [6, 6.07) is 15.6. The molecule has 126 valence electrons. The third-order valence-electron chi connectivity index (χ3n) is 3.14. The summed E-state index contributed by atoms with van der Waals surface area (Å²) in [7, 11) is 1.62. The summed E-state index contributed by atoms with van der Waals surface area (Å²) in [5.41, 5.74) is 4.73. The molecule has 0 amide bonds. The molecule has 2 aromatic rings. The van der Waals surface area contributed by atoms with Gasteiger partial charge in [-0.2, -0.15) is 5.10 Å². The molecule has 0 unspecified atom stereocenters. The largest absolute Gasteiger partial charge is 0.493 e. The number of nitrogens with one attached hydrogen (secondary N) is 2. The van der Waals surface area contributed by atoms with Crippen LogP contribution in [-0.2, 0) is 6.61 Å². The number of rotatable bonds is 7. The Hall–Kier alpha value is -2.60. The van der Waals surface area contributed by atoms with Crippen LogP contribution in [0.3, 0.4) is 0 Å². The standard InChI is InChI=1S/C18H21N3O2S/c1-3-19-18(24)21-20-12-15-9-10-16(17(11-15)22-2)23-13-14-7-5-4-6-8-14/h4-12H,3,13H2,1-2H3,(H2,19,21,24). The third-order valence-corrected chi connectivity index (χ3v) is 3.38. The van der Waals surface area contributed by atoms with E-state index >= 15 is 0 Å². The number of hydrogen-bond acceptors (Lipinski definition) is 4. The molecule has 6 heteroatoms. The normalized spacial score (nSPS) is 10.4. The predicted octanol–water partition coefficient (Wildman–Crippen LogP) is 3.09. The first-order chi connectivity index (χ1) is 11.7. The number of hydrogen-bond donors (Lipinski definition) is 2. The van der Waals surface area contributed by atoms with E-state index in [1.54, 1.807) is 13.3 Å². The minimum absolute atomic E-state index is 0.489. The van der Waals surface area contributed by atoms with E-state index in [4.69, 9.17) is 21.7 Å². The lowest BCUT2D eigenvalue weighted by Crippen LogP contribution is -2.31. The highest BCUT2D eigenvalue weighted by molar-refractivity contribution is 7.80. The lowest BCUT2D eigenvalue weighted by molar-refractivity contribution is 0.284. The Labute approximate surface area is 147 Å². The van der Waals surface area contributed by atoms with Crippen molar-refractivity contribution >= 4 is 23.5 Å². The first-order valence-electron chi connectivity index (χ1n) is 7.64. The number of nitrogens with zero attached hydrogens (tertiary/aromatic N) is 1. The van der Waals surface area contributed by atoms with E-state index in [9.17, 15) is 0 Å². The lowest BCUT2D eigenvalue weighted by atomic mass is 10.2. The van der Waals surface area contributed by atoms with Crippen LogP contribution < -0.4 is 20.2 Å². The Morgan fingerprint density at radius 2 is 1.96 bits per heavy atom. The van der Waals surface area contributed by atoms with Gasteiger partial charge in [-0.1, -0.05) is 30.3 Å². The van der Waals surface area contributed by atoms with Crippen LogP contribution in [0, 0.1) is 0 Å². The molecule has 2 aromatic carbocycles. The minimum atomic E-state index is 0.489. The summed E-state index contributed by atoms with van der Waals surface area (Å²) in [5.74, 6) is 1.35. The van der Waals surface area contributed by atoms with E-state index in [1.165, 1.54) is 0 Å². The molecule has 0 aliphatic rings. The molecule has 0 bridgehead atoms. The van der Waals surface area contributed by atoms with E-state index in [0.29, 0.717) is 23.2 Å². The van der Waals surface area contributed by atoms with Gasteiger partial charge in [0.25, 0.3) is 0 Å². The van der Waals surface area contributed by atoms with Crippen LogP contribution in [0.5, 0.6) is 11.5 Å². The quantitative estimate of drug-likeness (QED) is 0.460. The Bertz CT molecular complexity index is 690. The topological polar surface area (TPSA) is 54.9 Å². The van der Waals surface area contributed by atoms with E-state index in [-0.39, 0.29) is 0 Å². The molecule has 24 heavy (non-hydrogen) atoms. The van der Waals surface area contributed by atoms with Gasteiger partial charge in [0, 0.05) is 6.54 Å². The molecule has 0 atom stereocenters. The highest BCUT2D eigenvalue weighted by Crippen LogP contribution is 2.28.